The summed E-state index contributed by atoms with van der Waals surface area (Å²) < 4.78 is 0. The first-order valence-electron chi connectivity index (χ1n) is 18.6. The van der Waals surface area contributed by atoms with E-state index < -0.39 is 0 Å². The zero-order valence-corrected chi connectivity index (χ0v) is 32.0. The molecule has 0 spiro atoms. The van der Waals surface area contributed by atoms with Crippen LogP contribution < -0.4 is 4.90 Å². The summed E-state index contributed by atoms with van der Waals surface area (Å²) in [6.07, 6.45) is 13.9. The van der Waals surface area contributed by atoms with Crippen molar-refractivity contribution < 1.29 is 0 Å². The molecule has 0 saturated carbocycles. The maximum absolute atomic E-state index is 4.67. The molecule has 0 radical (unpaired) electrons. The first-order valence-corrected chi connectivity index (χ1v) is 19.5. The normalized spacial score (nSPS) is 17.5. The average molecular weight is 686 g/mol. The van der Waals surface area contributed by atoms with E-state index in [-0.39, 0.29) is 10.8 Å². The molecule has 0 amide bonds. The first-order chi connectivity index (χ1) is 24.6. The van der Waals surface area contributed by atoms with Crippen molar-refractivity contribution in [1.29, 1.82) is 0 Å². The van der Waals surface area contributed by atoms with Gasteiger partial charge in [-0.3, -0.25) is 0 Å². The molecular formula is C49H51NS. The van der Waals surface area contributed by atoms with Crippen molar-refractivity contribution in [1.82, 2.24) is 0 Å². The lowest BCUT2D eigenvalue weighted by atomic mass is 9.74. The molecule has 0 atom stereocenters. The van der Waals surface area contributed by atoms with Gasteiger partial charge in [0.1, 0.15) is 0 Å². The Morgan fingerprint density at radius 3 is 2.24 bits per heavy atom. The van der Waals surface area contributed by atoms with Crippen LogP contribution in [0.3, 0.4) is 0 Å². The molecule has 1 aliphatic carbocycles. The monoisotopic (exact) mass is 685 g/mol. The quantitative estimate of drug-likeness (QED) is 0.135. The highest BCUT2D eigenvalue weighted by molar-refractivity contribution is 8.03. The van der Waals surface area contributed by atoms with Crippen LogP contribution >= 0.6 is 11.8 Å². The molecule has 1 nitrogen and oxygen atoms in total. The lowest BCUT2D eigenvalue weighted by Crippen LogP contribution is -2.27. The Kier molecular flexibility index (Phi) is 9.74. The first kappa shape index (κ1) is 34.9. The van der Waals surface area contributed by atoms with Crippen molar-refractivity contribution in [3.8, 4) is 0 Å². The SMILES string of the molecule is C=C(/C=C/C1=C(Sc2ccccc2)C(=C/C=C2/N(CCCC)c3ccc4ccccc4c3C2(C)C)/CC1)C(C)(C)c1c(C)ccc2ccccc12. The van der Waals surface area contributed by atoms with E-state index in [0.717, 1.165) is 25.0 Å². The van der Waals surface area contributed by atoms with E-state index in [1.807, 2.05) is 11.8 Å². The van der Waals surface area contributed by atoms with E-state index in [9.17, 15) is 0 Å². The van der Waals surface area contributed by atoms with Crippen LogP contribution in [0.5, 0.6) is 0 Å². The molecule has 1 aliphatic heterocycles. The predicted octanol–water partition coefficient (Wildman–Crippen LogP) is 13.9. The summed E-state index contributed by atoms with van der Waals surface area (Å²) in [6, 6.07) is 37.6. The third-order valence-electron chi connectivity index (χ3n) is 11.2. The van der Waals surface area contributed by atoms with Gasteiger partial charge in [-0.25, -0.2) is 0 Å². The van der Waals surface area contributed by atoms with Crippen LogP contribution in [0.1, 0.15) is 77.0 Å². The van der Waals surface area contributed by atoms with Crippen molar-refractivity contribution in [3.63, 3.8) is 0 Å². The van der Waals surface area contributed by atoms with Gasteiger partial charge in [-0.2, -0.15) is 0 Å². The summed E-state index contributed by atoms with van der Waals surface area (Å²) in [5.74, 6) is 0. The summed E-state index contributed by atoms with van der Waals surface area (Å²) in [7, 11) is 0. The highest BCUT2D eigenvalue weighted by atomic mass is 32.2. The molecule has 7 rings (SSSR count). The van der Waals surface area contributed by atoms with Gasteiger partial charge in [0.25, 0.3) is 0 Å². The van der Waals surface area contributed by atoms with E-state index >= 15 is 0 Å². The van der Waals surface area contributed by atoms with Gasteiger partial charge < -0.3 is 4.90 Å². The van der Waals surface area contributed by atoms with Crippen molar-refractivity contribution in [2.75, 3.05) is 11.4 Å². The second kappa shape index (κ2) is 14.2. The molecule has 0 unspecified atom stereocenters. The van der Waals surface area contributed by atoms with Crippen molar-refractivity contribution in [2.24, 2.45) is 0 Å². The van der Waals surface area contributed by atoms with Gasteiger partial charge in [0.15, 0.2) is 0 Å². The van der Waals surface area contributed by atoms with Crippen molar-refractivity contribution >= 4 is 39.0 Å². The number of thioether (sulfide) groups is 1. The van der Waals surface area contributed by atoms with Gasteiger partial charge in [-0.1, -0.05) is 163 Å². The number of benzene rings is 5. The summed E-state index contributed by atoms with van der Waals surface area (Å²) in [6.45, 7) is 19.7. The second-order valence-corrected chi connectivity index (χ2v) is 16.4. The topological polar surface area (TPSA) is 3.24 Å². The molecular weight excluding hydrogens is 635 g/mol. The Morgan fingerprint density at radius 1 is 0.824 bits per heavy atom. The Bertz CT molecular complexity index is 2240. The molecule has 0 aromatic heterocycles. The number of unbranched alkanes of at least 4 members (excludes halogenated alkanes) is 1. The molecule has 2 aliphatic rings. The molecule has 0 bridgehead atoms. The fourth-order valence-electron chi connectivity index (χ4n) is 8.31. The van der Waals surface area contributed by atoms with E-state index in [1.54, 1.807) is 0 Å². The van der Waals surface area contributed by atoms with Crippen molar-refractivity contribution in [3.05, 3.63) is 178 Å². The van der Waals surface area contributed by atoms with Crippen LogP contribution in [-0.4, -0.2) is 6.54 Å². The fourth-order valence-corrected chi connectivity index (χ4v) is 9.44. The van der Waals surface area contributed by atoms with Gasteiger partial charge in [0.05, 0.1) is 0 Å². The zero-order valence-electron chi connectivity index (χ0n) is 31.2. The molecule has 51 heavy (non-hydrogen) atoms. The molecule has 2 heteroatoms. The van der Waals surface area contributed by atoms with Gasteiger partial charge >= 0.3 is 0 Å². The molecule has 258 valence electrons. The van der Waals surface area contributed by atoms with Crippen LogP contribution in [0.25, 0.3) is 21.5 Å². The van der Waals surface area contributed by atoms with Crippen LogP contribution in [0.15, 0.2) is 166 Å². The van der Waals surface area contributed by atoms with Crippen LogP contribution in [0.4, 0.5) is 5.69 Å². The maximum Gasteiger partial charge on any atom is 0.0457 e. The highest BCUT2D eigenvalue weighted by Gasteiger charge is 2.41. The molecule has 0 fully saturated rings. The minimum Gasteiger partial charge on any atom is -0.344 e. The van der Waals surface area contributed by atoms with Gasteiger partial charge in [-0.05, 0) is 105 Å². The summed E-state index contributed by atoms with van der Waals surface area (Å²) in [4.78, 5) is 5.25. The lowest BCUT2D eigenvalue weighted by Gasteiger charge is -2.30. The minimum atomic E-state index is -0.217. The number of aryl methyl sites for hydroxylation is 1. The summed E-state index contributed by atoms with van der Waals surface area (Å²) >= 11 is 1.90. The molecule has 5 aromatic carbocycles. The number of allylic oxidation sites excluding steroid dienone is 8. The molecule has 0 saturated heterocycles. The summed E-state index contributed by atoms with van der Waals surface area (Å²) in [5.41, 5.74) is 10.5. The molecule has 5 aromatic rings. The van der Waals surface area contributed by atoms with E-state index in [0.29, 0.717) is 0 Å². The van der Waals surface area contributed by atoms with Crippen LogP contribution in [0.2, 0.25) is 0 Å². The number of hydrogen-bond donors (Lipinski definition) is 0. The fraction of sp³-hybridized carbons (Fsp3) is 0.265. The van der Waals surface area contributed by atoms with Crippen LogP contribution in [0, 0.1) is 6.92 Å². The van der Waals surface area contributed by atoms with E-state index in [1.165, 1.54) is 83.4 Å². The van der Waals surface area contributed by atoms with Gasteiger partial charge in [0, 0.05) is 38.6 Å². The standard InChI is InChI=1S/C49H51NS/c1-8-9-33-50-43-31-29-37-18-14-16-22-42(37)46(43)49(6,7)44(50)32-30-39-28-27-38(47(39)51-40-19-11-10-12-20-40)26-24-35(3)48(4,5)45-34(2)23-25-36-17-13-15-21-41(36)45/h10-26,29-32H,3,8-9,27-28,33H2,1-2,4-7H3/b26-24+,39-30+,44-32+. The number of anilines is 1. The van der Waals surface area contributed by atoms with E-state index in [4.69, 9.17) is 0 Å². The highest BCUT2D eigenvalue weighted by Crippen LogP contribution is 2.51. The largest absolute Gasteiger partial charge is 0.344 e. The maximum atomic E-state index is 4.67. The third-order valence-corrected chi connectivity index (χ3v) is 12.4. The smallest absolute Gasteiger partial charge is 0.0457 e. The Morgan fingerprint density at radius 2 is 1.49 bits per heavy atom. The molecule has 0 N–H and O–H groups in total. The number of nitrogens with zero attached hydrogens (tertiary/aromatic N) is 1. The number of rotatable bonds is 10. The number of hydrogen-bond acceptors (Lipinski definition) is 2. The van der Waals surface area contributed by atoms with Crippen molar-refractivity contribution in [2.45, 2.75) is 83.0 Å². The predicted molar refractivity (Wildman–Crippen MR) is 224 cm³/mol. The number of fused-ring (bicyclic) bond motifs is 4. The Balaban J connectivity index is 1.27. The zero-order chi connectivity index (χ0) is 35.8. The Labute approximate surface area is 310 Å². The summed E-state index contributed by atoms with van der Waals surface area (Å²) in [5, 5.41) is 5.28. The Hall–Kier alpha value is -4.53. The average Bonchev–Trinajstić information content (AvgIpc) is 3.61. The third kappa shape index (κ3) is 6.56. The van der Waals surface area contributed by atoms with Gasteiger partial charge in [0.2, 0.25) is 0 Å². The second-order valence-electron chi connectivity index (χ2n) is 15.3. The minimum absolute atomic E-state index is 0.109. The van der Waals surface area contributed by atoms with Crippen LogP contribution in [-0.2, 0) is 10.8 Å². The van der Waals surface area contributed by atoms with Gasteiger partial charge in [-0.15, -0.1) is 0 Å². The lowest BCUT2D eigenvalue weighted by molar-refractivity contribution is 0.628. The molecule has 1 heterocycles. The van der Waals surface area contributed by atoms with E-state index in [2.05, 4.69) is 180 Å².